The maximum Gasteiger partial charge on any atom is 0.151 e. The van der Waals surface area contributed by atoms with Crippen molar-refractivity contribution in [1.29, 1.82) is 5.26 Å². The zero-order valence-corrected chi connectivity index (χ0v) is 16.6. The standard InChI is InChI=1S/C25H16FN5/c1-16-14-31(15-29-16)25-20-9-8-17(22-7-2-3-10-28-22)12-21(20)24(23(13-27)30-25)18-5-4-6-19(26)11-18/h2-12,14-15H,1H3. The number of fused-ring (bicyclic) bond motifs is 1. The lowest BCUT2D eigenvalue weighted by Gasteiger charge is -2.15. The Morgan fingerprint density at radius 2 is 1.84 bits per heavy atom. The van der Waals surface area contributed by atoms with Crippen molar-refractivity contribution in [3.8, 4) is 34.3 Å². The highest BCUT2D eigenvalue weighted by atomic mass is 19.1. The van der Waals surface area contributed by atoms with Crippen LogP contribution in [0, 0.1) is 24.1 Å². The Hall–Kier alpha value is -4.37. The largest absolute Gasteiger partial charge is 0.290 e. The molecule has 0 N–H and O–H groups in total. The van der Waals surface area contributed by atoms with Gasteiger partial charge in [-0.05, 0) is 54.3 Å². The first-order valence-corrected chi connectivity index (χ1v) is 9.70. The highest BCUT2D eigenvalue weighted by molar-refractivity contribution is 6.03. The fraction of sp³-hybridized carbons (Fsp3) is 0.0400. The van der Waals surface area contributed by atoms with Gasteiger partial charge in [0.15, 0.2) is 5.69 Å². The Balaban J connectivity index is 1.89. The van der Waals surface area contributed by atoms with Gasteiger partial charge >= 0.3 is 0 Å². The number of pyridine rings is 2. The molecule has 0 aliphatic carbocycles. The average Bonchev–Trinajstić information content (AvgIpc) is 3.24. The number of hydrogen-bond acceptors (Lipinski definition) is 4. The molecule has 6 heteroatoms. The second kappa shape index (κ2) is 7.47. The molecule has 5 rings (SSSR count). The molecule has 31 heavy (non-hydrogen) atoms. The summed E-state index contributed by atoms with van der Waals surface area (Å²) in [6, 6.07) is 20.0. The fourth-order valence-corrected chi connectivity index (χ4v) is 3.74. The number of imidazole rings is 1. The first kappa shape index (κ1) is 18.6. The SMILES string of the molecule is Cc1cn(-c2nc(C#N)c(-c3cccc(F)c3)c3cc(-c4ccccn4)ccc23)cn1. The maximum absolute atomic E-state index is 14.1. The highest BCUT2D eigenvalue weighted by Gasteiger charge is 2.18. The van der Waals surface area contributed by atoms with E-state index in [1.807, 2.05) is 49.5 Å². The van der Waals surface area contributed by atoms with Crippen LogP contribution in [-0.2, 0) is 0 Å². The molecule has 0 spiro atoms. The summed E-state index contributed by atoms with van der Waals surface area (Å²) in [4.78, 5) is 13.4. The molecule has 0 amide bonds. The molecule has 0 aliphatic heterocycles. The minimum absolute atomic E-state index is 0.220. The van der Waals surface area contributed by atoms with Crippen LogP contribution >= 0.6 is 0 Å². The molecule has 0 unspecified atom stereocenters. The first-order chi connectivity index (χ1) is 15.1. The van der Waals surface area contributed by atoms with E-state index in [9.17, 15) is 9.65 Å². The quantitative estimate of drug-likeness (QED) is 0.399. The Kier molecular flexibility index (Phi) is 4.49. The van der Waals surface area contributed by atoms with Crippen molar-refractivity contribution in [2.75, 3.05) is 0 Å². The Morgan fingerprint density at radius 3 is 2.55 bits per heavy atom. The first-order valence-electron chi connectivity index (χ1n) is 9.70. The van der Waals surface area contributed by atoms with Crippen molar-refractivity contribution < 1.29 is 4.39 Å². The number of nitriles is 1. The van der Waals surface area contributed by atoms with Crippen molar-refractivity contribution >= 4 is 10.8 Å². The molecule has 0 saturated carbocycles. The topological polar surface area (TPSA) is 67.4 Å². The number of hydrogen-bond donors (Lipinski definition) is 0. The summed E-state index contributed by atoms with van der Waals surface area (Å²) < 4.78 is 15.9. The average molecular weight is 405 g/mol. The van der Waals surface area contributed by atoms with Crippen molar-refractivity contribution in [3.63, 3.8) is 0 Å². The van der Waals surface area contributed by atoms with E-state index in [0.717, 1.165) is 27.7 Å². The number of benzene rings is 2. The van der Waals surface area contributed by atoms with Crippen molar-refractivity contribution in [1.82, 2.24) is 19.5 Å². The van der Waals surface area contributed by atoms with Gasteiger partial charge in [-0.3, -0.25) is 9.55 Å². The van der Waals surface area contributed by atoms with Gasteiger partial charge in [-0.25, -0.2) is 14.4 Å². The molecule has 0 atom stereocenters. The van der Waals surface area contributed by atoms with E-state index in [1.54, 1.807) is 29.2 Å². The number of rotatable bonds is 3. The van der Waals surface area contributed by atoms with Crippen LogP contribution in [0.3, 0.4) is 0 Å². The molecule has 5 nitrogen and oxygen atoms in total. The monoisotopic (exact) mass is 405 g/mol. The molecule has 148 valence electrons. The molecule has 0 aliphatic rings. The summed E-state index contributed by atoms with van der Waals surface area (Å²) in [5.74, 6) is 0.226. The molecule has 0 bridgehead atoms. The molecular weight excluding hydrogens is 389 g/mol. The Labute approximate surface area is 178 Å². The molecule has 2 aromatic carbocycles. The lowest BCUT2D eigenvalue weighted by atomic mass is 9.95. The van der Waals surface area contributed by atoms with Crippen molar-refractivity contribution in [3.05, 3.63) is 96.6 Å². The highest BCUT2D eigenvalue weighted by Crippen LogP contribution is 2.36. The van der Waals surface area contributed by atoms with E-state index in [4.69, 9.17) is 0 Å². The fourth-order valence-electron chi connectivity index (χ4n) is 3.74. The van der Waals surface area contributed by atoms with Crippen LogP contribution in [0.5, 0.6) is 0 Å². The molecule has 5 aromatic rings. The van der Waals surface area contributed by atoms with Gasteiger partial charge < -0.3 is 0 Å². The second-order valence-corrected chi connectivity index (χ2v) is 7.18. The smallest absolute Gasteiger partial charge is 0.151 e. The zero-order chi connectivity index (χ0) is 21.4. The predicted molar refractivity (Wildman–Crippen MR) is 117 cm³/mol. The van der Waals surface area contributed by atoms with Gasteiger partial charge in [-0.15, -0.1) is 0 Å². The minimum Gasteiger partial charge on any atom is -0.290 e. The van der Waals surface area contributed by atoms with Crippen molar-refractivity contribution in [2.24, 2.45) is 0 Å². The maximum atomic E-state index is 14.1. The summed E-state index contributed by atoms with van der Waals surface area (Å²) in [5.41, 5.74) is 3.96. The third kappa shape index (κ3) is 3.32. The molecular formula is C25H16FN5. The van der Waals surface area contributed by atoms with Crippen LogP contribution in [-0.4, -0.2) is 19.5 Å². The number of aromatic nitrogens is 4. The van der Waals surface area contributed by atoms with E-state index < -0.39 is 0 Å². The predicted octanol–water partition coefficient (Wildman–Crippen LogP) is 5.47. The minimum atomic E-state index is -0.371. The van der Waals surface area contributed by atoms with E-state index >= 15 is 0 Å². The normalized spacial score (nSPS) is 10.9. The number of halogens is 1. The van der Waals surface area contributed by atoms with Crippen LogP contribution in [0.15, 0.2) is 79.4 Å². The van der Waals surface area contributed by atoms with Crippen LogP contribution in [0.2, 0.25) is 0 Å². The van der Waals surface area contributed by atoms with Gasteiger partial charge in [-0.2, -0.15) is 5.26 Å². The third-order valence-corrected chi connectivity index (χ3v) is 5.12. The van der Waals surface area contributed by atoms with E-state index in [2.05, 4.69) is 21.0 Å². The van der Waals surface area contributed by atoms with E-state index in [-0.39, 0.29) is 11.5 Å². The Morgan fingerprint density at radius 1 is 0.935 bits per heavy atom. The summed E-state index contributed by atoms with van der Waals surface area (Å²) in [5, 5.41) is 11.6. The van der Waals surface area contributed by atoms with Gasteiger partial charge in [0, 0.05) is 28.9 Å². The Bertz CT molecular complexity index is 1470. The van der Waals surface area contributed by atoms with Gasteiger partial charge in [0.2, 0.25) is 0 Å². The summed E-state index contributed by atoms with van der Waals surface area (Å²) >= 11 is 0. The van der Waals surface area contributed by atoms with Gasteiger partial charge in [-0.1, -0.05) is 24.3 Å². The summed E-state index contributed by atoms with van der Waals surface area (Å²) in [6.45, 7) is 1.89. The van der Waals surface area contributed by atoms with Crippen LogP contribution in [0.1, 0.15) is 11.4 Å². The lowest BCUT2D eigenvalue weighted by Crippen LogP contribution is -2.02. The second-order valence-electron chi connectivity index (χ2n) is 7.18. The number of aryl methyl sites for hydroxylation is 1. The molecule has 0 saturated heterocycles. The third-order valence-electron chi connectivity index (χ3n) is 5.12. The zero-order valence-electron chi connectivity index (χ0n) is 16.6. The van der Waals surface area contributed by atoms with Gasteiger partial charge in [0.1, 0.15) is 24.0 Å². The summed E-state index contributed by atoms with van der Waals surface area (Å²) in [6.07, 6.45) is 5.27. The molecule has 3 heterocycles. The molecule has 0 radical (unpaired) electrons. The summed E-state index contributed by atoms with van der Waals surface area (Å²) in [7, 11) is 0. The van der Waals surface area contributed by atoms with Crippen molar-refractivity contribution in [2.45, 2.75) is 6.92 Å². The van der Waals surface area contributed by atoms with Crippen LogP contribution < -0.4 is 0 Å². The number of nitrogens with zero attached hydrogens (tertiary/aromatic N) is 5. The van der Waals surface area contributed by atoms with Gasteiger partial charge in [0.25, 0.3) is 0 Å². The molecule has 3 aromatic heterocycles. The van der Waals surface area contributed by atoms with Gasteiger partial charge in [0.05, 0.1) is 11.4 Å². The lowest BCUT2D eigenvalue weighted by molar-refractivity contribution is 0.628. The van der Waals surface area contributed by atoms with E-state index in [0.29, 0.717) is 16.9 Å². The van der Waals surface area contributed by atoms with E-state index in [1.165, 1.54) is 12.1 Å². The van der Waals surface area contributed by atoms with Crippen LogP contribution in [0.4, 0.5) is 4.39 Å². The van der Waals surface area contributed by atoms with Crippen LogP contribution in [0.25, 0.3) is 39.0 Å². The molecule has 0 fully saturated rings.